The number of fused-ring (bicyclic) bond motifs is 2. The van der Waals surface area contributed by atoms with Gasteiger partial charge in [0, 0.05) is 31.1 Å². The van der Waals surface area contributed by atoms with Crippen LogP contribution in [0.1, 0.15) is 53.8 Å². The Morgan fingerprint density at radius 1 is 1.11 bits per heavy atom. The van der Waals surface area contributed by atoms with Crippen LogP contribution in [0.15, 0.2) is 77.8 Å². The summed E-state index contributed by atoms with van der Waals surface area (Å²) < 4.78 is 6.39. The first-order valence-corrected chi connectivity index (χ1v) is 12.3. The number of nitrogens with two attached hydrogens (primary N) is 1. The number of nitrogens with one attached hydrogen (secondary N) is 1. The summed E-state index contributed by atoms with van der Waals surface area (Å²) in [7, 11) is 1.65. The molecule has 0 radical (unpaired) electrons. The minimum Gasteiger partial charge on any atom is -0.485 e. The van der Waals surface area contributed by atoms with Crippen molar-refractivity contribution in [1.82, 2.24) is 10.2 Å². The summed E-state index contributed by atoms with van der Waals surface area (Å²) >= 11 is 0. The lowest BCUT2D eigenvalue weighted by molar-refractivity contribution is -0.132. The Morgan fingerprint density at radius 2 is 1.89 bits per heavy atom. The molecule has 0 aliphatic carbocycles. The maximum absolute atomic E-state index is 13.6. The zero-order valence-corrected chi connectivity index (χ0v) is 20.5. The van der Waals surface area contributed by atoms with Crippen molar-refractivity contribution in [3.8, 4) is 16.9 Å². The number of carbonyl (C=O) groups excluding carboxylic acids is 2. The maximum Gasteiger partial charge on any atom is 0.261 e. The SMILES string of the molecule is CCCCNC(=O)c1cccc(-c2ccc3c(c2)C2(CC(c4ccccc4)O3)N=C(N)N(C)C2=O)c1. The molecule has 0 saturated heterocycles. The largest absolute Gasteiger partial charge is 0.485 e. The molecule has 2 aliphatic heterocycles. The molecule has 7 nitrogen and oxygen atoms in total. The monoisotopic (exact) mass is 482 g/mol. The number of guanidine groups is 1. The minimum atomic E-state index is -1.17. The van der Waals surface area contributed by atoms with Crippen molar-refractivity contribution in [3.63, 3.8) is 0 Å². The highest BCUT2D eigenvalue weighted by molar-refractivity contribution is 6.07. The Bertz CT molecular complexity index is 1340. The Balaban J connectivity index is 1.55. The van der Waals surface area contributed by atoms with Crippen LogP contribution in [-0.2, 0) is 10.3 Å². The van der Waals surface area contributed by atoms with Crippen molar-refractivity contribution < 1.29 is 14.3 Å². The van der Waals surface area contributed by atoms with E-state index >= 15 is 0 Å². The number of ether oxygens (including phenoxy) is 1. The second-order valence-electron chi connectivity index (χ2n) is 9.32. The summed E-state index contributed by atoms with van der Waals surface area (Å²) in [5.74, 6) is 0.522. The average Bonchev–Trinajstić information content (AvgIpc) is 3.12. The fraction of sp³-hybridized carbons (Fsp3) is 0.276. The van der Waals surface area contributed by atoms with Crippen molar-refractivity contribution in [1.29, 1.82) is 0 Å². The average molecular weight is 483 g/mol. The van der Waals surface area contributed by atoms with Crippen LogP contribution in [0.5, 0.6) is 5.75 Å². The number of hydrogen-bond acceptors (Lipinski definition) is 5. The summed E-state index contributed by atoms with van der Waals surface area (Å²) in [5.41, 5.74) is 8.96. The molecule has 7 heteroatoms. The zero-order chi connectivity index (χ0) is 25.3. The number of unbranched alkanes of at least 4 members (excludes halogenated alkanes) is 1. The van der Waals surface area contributed by atoms with Gasteiger partial charge in [-0.1, -0.05) is 61.9 Å². The van der Waals surface area contributed by atoms with E-state index in [1.165, 1.54) is 4.90 Å². The molecule has 1 spiro atoms. The Morgan fingerprint density at radius 3 is 2.61 bits per heavy atom. The van der Waals surface area contributed by atoms with Gasteiger partial charge < -0.3 is 15.8 Å². The molecule has 2 aliphatic rings. The molecular weight excluding hydrogens is 452 g/mol. The molecule has 2 heterocycles. The highest BCUT2D eigenvalue weighted by Gasteiger charge is 2.53. The number of rotatable bonds is 6. The molecule has 0 aromatic heterocycles. The van der Waals surface area contributed by atoms with Gasteiger partial charge >= 0.3 is 0 Å². The summed E-state index contributed by atoms with van der Waals surface area (Å²) in [5, 5.41) is 2.96. The van der Waals surface area contributed by atoms with Gasteiger partial charge in [-0.3, -0.25) is 14.5 Å². The van der Waals surface area contributed by atoms with E-state index < -0.39 is 5.54 Å². The van der Waals surface area contributed by atoms with Crippen LogP contribution in [0, 0.1) is 0 Å². The second kappa shape index (κ2) is 9.49. The molecule has 3 N–H and O–H groups in total. The lowest BCUT2D eigenvalue weighted by atomic mass is 9.79. The van der Waals surface area contributed by atoms with E-state index in [9.17, 15) is 9.59 Å². The molecule has 36 heavy (non-hydrogen) atoms. The number of amides is 2. The molecule has 0 saturated carbocycles. The minimum absolute atomic E-state index is 0.0984. The van der Waals surface area contributed by atoms with Gasteiger partial charge in [0.2, 0.25) is 0 Å². The van der Waals surface area contributed by atoms with Crippen LogP contribution in [0.3, 0.4) is 0 Å². The van der Waals surface area contributed by atoms with Gasteiger partial charge in [-0.25, -0.2) is 4.99 Å². The summed E-state index contributed by atoms with van der Waals surface area (Å²) in [6.07, 6.45) is 1.96. The van der Waals surface area contributed by atoms with E-state index in [4.69, 9.17) is 15.5 Å². The van der Waals surface area contributed by atoms with Crippen molar-refractivity contribution in [2.24, 2.45) is 10.7 Å². The first kappa shape index (κ1) is 23.6. The van der Waals surface area contributed by atoms with Crippen molar-refractivity contribution in [3.05, 3.63) is 89.5 Å². The van der Waals surface area contributed by atoms with Crippen molar-refractivity contribution in [2.75, 3.05) is 13.6 Å². The molecule has 184 valence electrons. The van der Waals surface area contributed by atoms with Crippen LogP contribution in [0.4, 0.5) is 0 Å². The highest BCUT2D eigenvalue weighted by atomic mass is 16.5. The van der Waals surface area contributed by atoms with E-state index in [0.717, 1.165) is 29.5 Å². The van der Waals surface area contributed by atoms with Crippen LogP contribution >= 0.6 is 0 Å². The molecule has 2 atom stereocenters. The van der Waals surface area contributed by atoms with E-state index in [1.54, 1.807) is 13.1 Å². The Labute approximate surface area is 211 Å². The van der Waals surface area contributed by atoms with Gasteiger partial charge in [0.15, 0.2) is 11.5 Å². The Hall–Kier alpha value is -4.13. The van der Waals surface area contributed by atoms with Gasteiger partial charge in [0.25, 0.3) is 11.8 Å². The van der Waals surface area contributed by atoms with Crippen LogP contribution < -0.4 is 15.8 Å². The smallest absolute Gasteiger partial charge is 0.261 e. The number of carbonyl (C=O) groups is 2. The molecule has 5 rings (SSSR count). The van der Waals surface area contributed by atoms with Crippen molar-refractivity contribution in [2.45, 2.75) is 37.8 Å². The van der Waals surface area contributed by atoms with E-state index in [-0.39, 0.29) is 23.9 Å². The molecule has 0 fully saturated rings. The number of benzene rings is 3. The van der Waals surface area contributed by atoms with Crippen LogP contribution in [-0.4, -0.2) is 36.3 Å². The molecule has 2 unspecified atom stereocenters. The number of hydrogen-bond donors (Lipinski definition) is 2. The molecule has 3 aromatic carbocycles. The van der Waals surface area contributed by atoms with Crippen LogP contribution in [0.25, 0.3) is 11.1 Å². The van der Waals surface area contributed by atoms with Gasteiger partial charge in [0.05, 0.1) is 0 Å². The van der Waals surface area contributed by atoms with Gasteiger partial charge in [-0.15, -0.1) is 0 Å². The third kappa shape index (κ3) is 4.11. The summed E-state index contributed by atoms with van der Waals surface area (Å²) in [6.45, 7) is 2.74. The third-order valence-electron chi connectivity index (χ3n) is 6.93. The van der Waals surface area contributed by atoms with Gasteiger partial charge in [-0.05, 0) is 47.4 Å². The topological polar surface area (TPSA) is 97.0 Å². The summed E-state index contributed by atoms with van der Waals surface area (Å²) in [4.78, 5) is 32.3. The third-order valence-corrected chi connectivity index (χ3v) is 6.93. The standard InChI is InChI=1S/C29H30N4O3/c1-3-4-15-31-26(34)22-12-8-11-20(16-22)21-13-14-24-23(17-21)29(27(35)33(2)28(30)32-29)18-25(36-24)19-9-6-5-7-10-19/h5-14,16-17,25H,3-4,15,18H2,1-2H3,(H2,30,32)(H,31,34). The number of likely N-dealkylation sites (N-methyl/N-ethyl adjacent to an activating group) is 1. The first-order valence-electron chi connectivity index (χ1n) is 12.3. The quantitative estimate of drug-likeness (QED) is 0.509. The fourth-order valence-electron chi connectivity index (χ4n) is 4.89. The van der Waals surface area contributed by atoms with Gasteiger partial charge in [0.1, 0.15) is 11.9 Å². The van der Waals surface area contributed by atoms with E-state index in [0.29, 0.717) is 29.8 Å². The molecule has 2 amide bonds. The maximum atomic E-state index is 13.6. The van der Waals surface area contributed by atoms with Crippen LogP contribution in [0.2, 0.25) is 0 Å². The first-order chi connectivity index (χ1) is 17.4. The zero-order valence-electron chi connectivity index (χ0n) is 20.5. The number of nitrogens with zero attached hydrogens (tertiary/aromatic N) is 2. The van der Waals surface area contributed by atoms with E-state index in [1.807, 2.05) is 66.7 Å². The summed E-state index contributed by atoms with van der Waals surface area (Å²) in [6, 6.07) is 23.1. The van der Waals surface area contributed by atoms with Crippen molar-refractivity contribution >= 4 is 17.8 Å². The molecular formula is C29H30N4O3. The predicted octanol–water partition coefficient (Wildman–Crippen LogP) is 4.39. The van der Waals surface area contributed by atoms with Gasteiger partial charge in [-0.2, -0.15) is 0 Å². The second-order valence-corrected chi connectivity index (χ2v) is 9.32. The molecule has 3 aromatic rings. The number of aliphatic imine (C=N–C) groups is 1. The molecule has 0 bridgehead atoms. The lowest BCUT2D eigenvalue weighted by Gasteiger charge is -2.37. The fourth-order valence-corrected chi connectivity index (χ4v) is 4.89. The highest BCUT2D eigenvalue weighted by Crippen LogP contribution is 2.50. The van der Waals surface area contributed by atoms with E-state index in [2.05, 4.69) is 12.2 Å². The predicted molar refractivity (Wildman–Crippen MR) is 140 cm³/mol. The normalized spacial score (nSPS) is 20.6. The lowest BCUT2D eigenvalue weighted by Crippen LogP contribution is -2.43. The Kier molecular flexibility index (Phi) is 6.22.